The predicted molar refractivity (Wildman–Crippen MR) is 151 cm³/mol. The van der Waals surface area contributed by atoms with Gasteiger partial charge in [0.25, 0.3) is 5.82 Å². The lowest BCUT2D eigenvalue weighted by molar-refractivity contribution is -0.152. The van der Waals surface area contributed by atoms with E-state index in [0.717, 1.165) is 24.1 Å². The van der Waals surface area contributed by atoms with Crippen molar-refractivity contribution in [1.29, 1.82) is 0 Å². The molecule has 3 fully saturated rings. The zero-order chi connectivity index (χ0) is 30.1. The number of hydrogen-bond acceptors (Lipinski definition) is 7. The molecule has 1 aromatic heterocycles. The van der Waals surface area contributed by atoms with E-state index in [-0.39, 0.29) is 36.2 Å². The van der Waals surface area contributed by atoms with Crippen molar-refractivity contribution in [3.63, 3.8) is 0 Å². The fourth-order valence-electron chi connectivity index (χ4n) is 6.84. The maximum absolute atomic E-state index is 13.5. The van der Waals surface area contributed by atoms with E-state index in [1.54, 1.807) is 12.1 Å². The molecule has 43 heavy (non-hydrogen) atoms. The number of hydrogen-bond donors (Lipinski definition) is 2. The molecule has 3 aromatic carbocycles. The Morgan fingerprint density at radius 1 is 1.07 bits per heavy atom. The molecule has 4 aromatic rings. The van der Waals surface area contributed by atoms with Crippen molar-refractivity contribution in [3.05, 3.63) is 101 Å². The van der Waals surface area contributed by atoms with Crippen LogP contribution >= 0.6 is 0 Å². The van der Waals surface area contributed by atoms with E-state index in [2.05, 4.69) is 50.0 Å². The van der Waals surface area contributed by atoms with Crippen molar-refractivity contribution < 1.29 is 27.8 Å². The number of aromatic nitrogens is 4. The lowest BCUT2D eigenvalue weighted by Gasteiger charge is -2.56. The van der Waals surface area contributed by atoms with Gasteiger partial charge in [0.15, 0.2) is 0 Å². The highest BCUT2D eigenvalue weighted by Gasteiger charge is 2.52. The molecule has 2 bridgehead atoms. The van der Waals surface area contributed by atoms with Gasteiger partial charge in [-0.2, -0.15) is 17.9 Å². The van der Waals surface area contributed by atoms with Crippen LogP contribution in [0.5, 0.6) is 5.75 Å². The van der Waals surface area contributed by atoms with E-state index in [4.69, 9.17) is 4.74 Å². The molecule has 0 amide bonds. The van der Waals surface area contributed by atoms with Crippen LogP contribution < -0.4 is 10.1 Å². The Morgan fingerprint density at radius 3 is 2.35 bits per heavy atom. The first kappa shape index (κ1) is 28.8. The monoisotopic (exact) mass is 592 g/mol. The van der Waals surface area contributed by atoms with Gasteiger partial charge in [-0.1, -0.05) is 60.7 Å². The van der Waals surface area contributed by atoms with Gasteiger partial charge in [-0.25, -0.2) is 0 Å². The molecule has 0 spiro atoms. The summed E-state index contributed by atoms with van der Waals surface area (Å²) in [4.78, 5) is 14.7. The highest BCUT2D eigenvalue weighted by Crippen LogP contribution is 2.44. The zero-order valence-corrected chi connectivity index (χ0v) is 23.4. The van der Waals surface area contributed by atoms with Gasteiger partial charge in [0.2, 0.25) is 0 Å². The molecule has 5 atom stereocenters. The number of carbonyl (C=O) groups is 1. The summed E-state index contributed by atoms with van der Waals surface area (Å²) >= 11 is 0. The molecular weight excluding hydrogens is 561 g/mol. The molecule has 3 aliphatic heterocycles. The standard InChI is InChI=1S/C31H31F3N6O3/c1-43-25-13-12-22(40-30(31(32,33)34)36-37-38-40)16-21(25)17-35-27-23-14-15-39(18-24(23)29(41)42)28(27)26(19-8-4-2-5-9-19)20-10-6-3-7-11-20/h2-13,16,23-24,26-28,35H,14-15,17-18H2,1H3,(H,41,42). The largest absolute Gasteiger partial charge is 0.496 e. The number of ether oxygens (including phenoxy) is 1. The van der Waals surface area contributed by atoms with Crippen LogP contribution in [0.3, 0.4) is 0 Å². The molecule has 224 valence electrons. The highest BCUT2D eigenvalue weighted by atomic mass is 19.4. The Bertz CT molecular complexity index is 1530. The lowest BCUT2D eigenvalue weighted by atomic mass is 9.66. The molecule has 2 N–H and O–H groups in total. The van der Waals surface area contributed by atoms with Crippen molar-refractivity contribution in [3.8, 4) is 11.4 Å². The maximum Gasteiger partial charge on any atom is 0.453 e. The zero-order valence-electron chi connectivity index (χ0n) is 23.4. The molecule has 3 aliphatic rings. The Hall–Kier alpha value is -4.29. The topological polar surface area (TPSA) is 105 Å². The Balaban J connectivity index is 1.38. The second-order valence-electron chi connectivity index (χ2n) is 11.0. The van der Waals surface area contributed by atoms with Crippen LogP contribution in [-0.2, 0) is 17.5 Å². The number of nitrogens with one attached hydrogen (secondary N) is 1. The summed E-state index contributed by atoms with van der Waals surface area (Å²) in [6, 6.07) is 24.7. The predicted octanol–water partition coefficient (Wildman–Crippen LogP) is 4.38. The molecule has 0 saturated carbocycles. The van der Waals surface area contributed by atoms with Gasteiger partial charge in [-0.05, 0) is 58.6 Å². The van der Waals surface area contributed by atoms with E-state index in [1.165, 1.54) is 13.2 Å². The maximum atomic E-state index is 13.5. The van der Waals surface area contributed by atoms with Gasteiger partial charge < -0.3 is 15.2 Å². The third-order valence-electron chi connectivity index (χ3n) is 8.68. The molecule has 4 heterocycles. The lowest BCUT2D eigenvalue weighted by Crippen LogP contribution is -2.68. The normalized spacial score (nSPS) is 23.4. The summed E-state index contributed by atoms with van der Waals surface area (Å²) in [6.45, 7) is 1.47. The number of nitrogens with zero attached hydrogens (tertiary/aromatic N) is 5. The third-order valence-corrected chi connectivity index (χ3v) is 8.68. The van der Waals surface area contributed by atoms with Gasteiger partial charge in [0.05, 0.1) is 18.7 Å². The van der Waals surface area contributed by atoms with E-state index < -0.39 is 23.9 Å². The van der Waals surface area contributed by atoms with Gasteiger partial charge in [0, 0.05) is 36.7 Å². The minimum atomic E-state index is -4.74. The molecule has 5 unspecified atom stereocenters. The van der Waals surface area contributed by atoms with E-state index in [1.807, 2.05) is 36.4 Å². The Labute approximate surface area is 246 Å². The Kier molecular flexibility index (Phi) is 7.89. The molecule has 9 nitrogen and oxygen atoms in total. The molecule has 0 radical (unpaired) electrons. The number of halogens is 3. The minimum absolute atomic E-state index is 0.0405. The van der Waals surface area contributed by atoms with Crippen LogP contribution in [0.25, 0.3) is 5.69 Å². The third kappa shape index (κ3) is 5.59. The first-order chi connectivity index (χ1) is 20.8. The fourth-order valence-corrected chi connectivity index (χ4v) is 6.84. The van der Waals surface area contributed by atoms with Gasteiger partial charge in [0.1, 0.15) is 5.75 Å². The van der Waals surface area contributed by atoms with Gasteiger partial charge in [-0.15, -0.1) is 5.10 Å². The van der Waals surface area contributed by atoms with E-state index in [0.29, 0.717) is 22.5 Å². The minimum Gasteiger partial charge on any atom is -0.496 e. The molecule has 0 aliphatic carbocycles. The SMILES string of the molecule is COc1ccc(-n2nnnc2C(F)(F)F)cc1CNC1C2CCN(CC2C(=O)O)C1C(c1ccccc1)c1ccccc1. The first-order valence-corrected chi connectivity index (χ1v) is 14.1. The number of fused-ring (bicyclic) bond motifs is 3. The number of rotatable bonds is 9. The van der Waals surface area contributed by atoms with Crippen LogP contribution in [0.4, 0.5) is 13.2 Å². The van der Waals surface area contributed by atoms with Crippen LogP contribution in [-0.4, -0.2) is 68.5 Å². The fraction of sp³-hybridized carbons (Fsp3) is 0.355. The van der Waals surface area contributed by atoms with Crippen LogP contribution in [0.2, 0.25) is 0 Å². The van der Waals surface area contributed by atoms with Crippen molar-refractivity contribution in [1.82, 2.24) is 30.4 Å². The van der Waals surface area contributed by atoms with E-state index in [9.17, 15) is 23.1 Å². The van der Waals surface area contributed by atoms with Crippen LogP contribution in [0.15, 0.2) is 78.9 Å². The summed E-state index contributed by atoms with van der Waals surface area (Å²) in [5, 5.41) is 23.8. The second-order valence-corrected chi connectivity index (χ2v) is 11.0. The van der Waals surface area contributed by atoms with Crippen LogP contribution in [0.1, 0.15) is 34.9 Å². The molecular formula is C31H31F3N6O3. The summed E-state index contributed by atoms with van der Waals surface area (Å²) < 4.78 is 46.8. The summed E-state index contributed by atoms with van der Waals surface area (Å²) in [6.07, 6.45) is -4.02. The molecule has 12 heteroatoms. The number of aliphatic carboxylic acids is 1. The summed E-state index contributed by atoms with van der Waals surface area (Å²) in [7, 11) is 1.50. The molecule has 7 rings (SSSR count). The van der Waals surface area contributed by atoms with Crippen molar-refractivity contribution >= 4 is 5.97 Å². The van der Waals surface area contributed by atoms with Gasteiger partial charge >= 0.3 is 12.1 Å². The summed E-state index contributed by atoms with van der Waals surface area (Å²) in [5.74, 6) is -2.30. The average molecular weight is 593 g/mol. The number of tetrazole rings is 1. The van der Waals surface area contributed by atoms with Crippen LogP contribution in [0, 0.1) is 11.8 Å². The van der Waals surface area contributed by atoms with Crippen molar-refractivity contribution in [2.24, 2.45) is 11.8 Å². The van der Waals surface area contributed by atoms with Crippen molar-refractivity contribution in [2.75, 3.05) is 20.2 Å². The van der Waals surface area contributed by atoms with Gasteiger partial charge in [-0.3, -0.25) is 9.69 Å². The number of alkyl halides is 3. The second kappa shape index (κ2) is 11.8. The van der Waals surface area contributed by atoms with Crippen molar-refractivity contribution in [2.45, 2.75) is 37.1 Å². The number of piperidine rings is 3. The quantitative estimate of drug-likeness (QED) is 0.295. The van der Waals surface area contributed by atoms with E-state index >= 15 is 0 Å². The first-order valence-electron chi connectivity index (χ1n) is 14.1. The summed E-state index contributed by atoms with van der Waals surface area (Å²) in [5.41, 5.74) is 2.99. The number of carboxylic acids is 1. The Morgan fingerprint density at radius 2 is 1.74 bits per heavy atom. The number of carboxylic acid groups (broad SMARTS) is 1. The number of methoxy groups -OCH3 is 1. The number of benzene rings is 3. The average Bonchev–Trinajstić information content (AvgIpc) is 3.53. The molecule has 3 saturated heterocycles. The highest BCUT2D eigenvalue weighted by molar-refractivity contribution is 5.71. The smallest absolute Gasteiger partial charge is 0.453 e.